The Kier molecular flexibility index (Phi) is 5.30. The fraction of sp³-hybridized carbons (Fsp3) is 0.737. The predicted octanol–water partition coefficient (Wildman–Crippen LogP) is 0.972. The molecular formula is C19H28N4O4S. The average Bonchev–Trinajstić information content (AvgIpc) is 3.13. The van der Waals surface area contributed by atoms with Crippen LogP contribution in [0.15, 0.2) is 6.20 Å². The molecule has 154 valence electrons. The van der Waals surface area contributed by atoms with Crippen LogP contribution in [0.3, 0.4) is 0 Å². The Morgan fingerprint density at radius 2 is 2.04 bits per heavy atom. The van der Waals surface area contributed by atoms with E-state index in [1.807, 2.05) is 0 Å². The number of sulfone groups is 1. The highest BCUT2D eigenvalue weighted by Crippen LogP contribution is 2.39. The molecule has 2 saturated heterocycles. The number of likely N-dealkylation sites (tertiary alicyclic amines) is 1. The van der Waals surface area contributed by atoms with Crippen molar-refractivity contribution >= 4 is 21.7 Å². The van der Waals surface area contributed by atoms with Crippen molar-refractivity contribution < 1.29 is 17.9 Å². The number of carbonyl (C=O) groups excluding carboxylic acids is 1. The van der Waals surface area contributed by atoms with Crippen molar-refractivity contribution in [2.75, 3.05) is 44.3 Å². The number of hydrogen-bond acceptors (Lipinski definition) is 7. The van der Waals surface area contributed by atoms with Gasteiger partial charge in [-0.3, -0.25) is 4.79 Å². The van der Waals surface area contributed by atoms with Gasteiger partial charge in [0.05, 0.1) is 29.9 Å². The maximum Gasteiger partial charge on any atom is 0.225 e. The third kappa shape index (κ3) is 3.74. The summed E-state index contributed by atoms with van der Waals surface area (Å²) in [5, 5.41) is -0.560. The predicted molar refractivity (Wildman–Crippen MR) is 105 cm³/mol. The SMILES string of the molecule is CC(C)CCC(=O)N1C[C@H]2c3nc(N4CCOCC4)ncc3CS(=O)(=O)[C@H]2C1. The normalized spacial score (nSPS) is 26.2. The summed E-state index contributed by atoms with van der Waals surface area (Å²) in [6.45, 7) is 7.60. The lowest BCUT2D eigenvalue weighted by molar-refractivity contribution is -0.130. The van der Waals surface area contributed by atoms with Crippen LogP contribution in [-0.2, 0) is 25.1 Å². The minimum atomic E-state index is -3.32. The summed E-state index contributed by atoms with van der Waals surface area (Å²) in [7, 11) is -3.32. The molecule has 4 rings (SSSR count). The molecule has 0 saturated carbocycles. The highest BCUT2D eigenvalue weighted by Gasteiger charge is 2.48. The van der Waals surface area contributed by atoms with E-state index in [0.717, 1.165) is 25.2 Å². The second-order valence-corrected chi connectivity index (χ2v) is 10.6. The van der Waals surface area contributed by atoms with E-state index in [-0.39, 0.29) is 24.1 Å². The number of morpholine rings is 1. The molecule has 0 spiro atoms. The first kappa shape index (κ1) is 19.6. The molecule has 0 radical (unpaired) electrons. The van der Waals surface area contributed by atoms with Crippen LogP contribution < -0.4 is 4.90 Å². The van der Waals surface area contributed by atoms with E-state index < -0.39 is 15.1 Å². The Balaban J connectivity index is 1.60. The molecule has 0 bridgehead atoms. The van der Waals surface area contributed by atoms with E-state index in [4.69, 9.17) is 9.72 Å². The number of amides is 1. The topological polar surface area (TPSA) is 92.7 Å². The van der Waals surface area contributed by atoms with Gasteiger partial charge in [-0.2, -0.15) is 0 Å². The fourth-order valence-corrected chi connectivity index (χ4v) is 6.25. The van der Waals surface area contributed by atoms with Gasteiger partial charge in [0.25, 0.3) is 0 Å². The molecule has 1 aromatic heterocycles. The second kappa shape index (κ2) is 7.59. The highest BCUT2D eigenvalue weighted by atomic mass is 32.2. The van der Waals surface area contributed by atoms with E-state index >= 15 is 0 Å². The Labute approximate surface area is 166 Å². The fourth-order valence-electron chi connectivity index (χ4n) is 4.26. The number of anilines is 1. The molecule has 3 aliphatic heterocycles. The molecule has 0 aliphatic carbocycles. The Morgan fingerprint density at radius 1 is 1.29 bits per heavy atom. The lowest BCUT2D eigenvalue weighted by atomic mass is 10.00. The first-order chi connectivity index (χ1) is 13.3. The summed E-state index contributed by atoms with van der Waals surface area (Å²) < 4.78 is 31.0. The van der Waals surface area contributed by atoms with Crippen LogP contribution in [0.2, 0.25) is 0 Å². The van der Waals surface area contributed by atoms with E-state index in [1.54, 1.807) is 11.1 Å². The Morgan fingerprint density at radius 3 is 2.75 bits per heavy atom. The summed E-state index contributed by atoms with van der Waals surface area (Å²) in [4.78, 5) is 25.6. The van der Waals surface area contributed by atoms with Crippen molar-refractivity contribution in [1.29, 1.82) is 0 Å². The zero-order valence-corrected chi connectivity index (χ0v) is 17.3. The van der Waals surface area contributed by atoms with Gasteiger partial charge < -0.3 is 14.5 Å². The number of fused-ring (bicyclic) bond motifs is 3. The van der Waals surface area contributed by atoms with Gasteiger partial charge in [-0.05, 0) is 12.3 Å². The summed E-state index contributed by atoms with van der Waals surface area (Å²) in [6, 6.07) is 0. The number of hydrogen-bond donors (Lipinski definition) is 0. The number of ether oxygens (including phenoxy) is 1. The van der Waals surface area contributed by atoms with Crippen molar-refractivity contribution in [2.45, 2.75) is 43.6 Å². The minimum Gasteiger partial charge on any atom is -0.378 e. The quantitative estimate of drug-likeness (QED) is 0.733. The minimum absolute atomic E-state index is 0.0408. The van der Waals surface area contributed by atoms with Crippen LogP contribution >= 0.6 is 0 Å². The molecule has 0 N–H and O–H groups in total. The second-order valence-electron chi connectivity index (χ2n) is 8.36. The summed E-state index contributed by atoms with van der Waals surface area (Å²) in [5.74, 6) is 0.814. The van der Waals surface area contributed by atoms with Crippen LogP contribution in [0.1, 0.15) is 43.9 Å². The number of aromatic nitrogens is 2. The molecule has 28 heavy (non-hydrogen) atoms. The van der Waals surface area contributed by atoms with Gasteiger partial charge in [-0.25, -0.2) is 18.4 Å². The lowest BCUT2D eigenvalue weighted by Crippen LogP contribution is -2.39. The smallest absolute Gasteiger partial charge is 0.225 e. The molecular weight excluding hydrogens is 380 g/mol. The molecule has 3 aliphatic rings. The standard InChI is InChI=1S/C19H28N4O4S/c1-13(2)3-4-17(24)23-10-15-16(11-23)28(25,26)12-14-9-20-19(21-18(14)15)22-5-7-27-8-6-22/h9,13,15-16H,3-8,10-12H2,1-2H3/t15-,16+/m1/s1. The van der Waals surface area contributed by atoms with Gasteiger partial charge >= 0.3 is 0 Å². The average molecular weight is 409 g/mol. The monoisotopic (exact) mass is 408 g/mol. The lowest BCUT2D eigenvalue weighted by Gasteiger charge is -2.30. The maximum atomic E-state index is 12.8. The van der Waals surface area contributed by atoms with Crippen LogP contribution in [0.5, 0.6) is 0 Å². The molecule has 1 amide bonds. The van der Waals surface area contributed by atoms with Crippen molar-refractivity contribution in [3.63, 3.8) is 0 Å². The van der Waals surface area contributed by atoms with E-state index in [1.165, 1.54) is 0 Å². The molecule has 9 heteroatoms. The van der Waals surface area contributed by atoms with Gasteiger partial charge in [0.15, 0.2) is 9.84 Å². The largest absolute Gasteiger partial charge is 0.378 e. The third-order valence-corrected chi connectivity index (χ3v) is 8.02. The molecule has 8 nitrogen and oxygen atoms in total. The van der Waals surface area contributed by atoms with Gasteiger partial charge in [-0.15, -0.1) is 0 Å². The van der Waals surface area contributed by atoms with Crippen LogP contribution in [-0.4, -0.2) is 73.8 Å². The first-order valence-corrected chi connectivity index (χ1v) is 11.7. The molecule has 2 fully saturated rings. The Hall–Kier alpha value is -1.74. The Bertz CT molecular complexity index is 851. The van der Waals surface area contributed by atoms with Crippen molar-refractivity contribution in [3.8, 4) is 0 Å². The number of rotatable bonds is 4. The molecule has 1 aromatic rings. The van der Waals surface area contributed by atoms with Gasteiger partial charge in [0.2, 0.25) is 11.9 Å². The first-order valence-electron chi connectivity index (χ1n) is 10.0. The van der Waals surface area contributed by atoms with Crippen molar-refractivity contribution in [3.05, 3.63) is 17.5 Å². The highest BCUT2D eigenvalue weighted by molar-refractivity contribution is 7.91. The van der Waals surface area contributed by atoms with E-state index in [0.29, 0.717) is 43.6 Å². The molecule has 0 unspecified atom stereocenters. The molecule has 0 aromatic carbocycles. The van der Waals surface area contributed by atoms with Crippen LogP contribution in [0.25, 0.3) is 0 Å². The number of nitrogens with zero attached hydrogens (tertiary/aromatic N) is 4. The maximum absolute atomic E-state index is 12.8. The summed E-state index contributed by atoms with van der Waals surface area (Å²) >= 11 is 0. The molecule has 4 heterocycles. The summed E-state index contributed by atoms with van der Waals surface area (Å²) in [6.07, 6.45) is 2.94. The zero-order chi connectivity index (χ0) is 19.9. The zero-order valence-electron chi connectivity index (χ0n) is 16.5. The van der Waals surface area contributed by atoms with Gasteiger partial charge in [0.1, 0.15) is 0 Å². The van der Waals surface area contributed by atoms with E-state index in [2.05, 4.69) is 23.7 Å². The summed E-state index contributed by atoms with van der Waals surface area (Å²) in [5.41, 5.74) is 1.48. The van der Waals surface area contributed by atoms with Gasteiger partial charge in [0, 0.05) is 50.3 Å². The van der Waals surface area contributed by atoms with Crippen LogP contribution in [0, 0.1) is 5.92 Å². The van der Waals surface area contributed by atoms with E-state index in [9.17, 15) is 13.2 Å². The third-order valence-electron chi connectivity index (χ3n) is 5.90. The van der Waals surface area contributed by atoms with Crippen molar-refractivity contribution in [2.24, 2.45) is 5.92 Å². The number of carbonyl (C=O) groups is 1. The van der Waals surface area contributed by atoms with Gasteiger partial charge in [-0.1, -0.05) is 13.8 Å². The van der Waals surface area contributed by atoms with Crippen molar-refractivity contribution in [1.82, 2.24) is 14.9 Å². The molecule has 2 atom stereocenters. The van der Waals surface area contributed by atoms with Crippen LogP contribution in [0.4, 0.5) is 5.95 Å².